The lowest BCUT2D eigenvalue weighted by atomic mass is 10.1. The van der Waals surface area contributed by atoms with Gasteiger partial charge in [-0.2, -0.15) is 0 Å². The molecule has 0 saturated heterocycles. The summed E-state index contributed by atoms with van der Waals surface area (Å²) in [6.07, 6.45) is 0.508. The summed E-state index contributed by atoms with van der Waals surface area (Å²) in [4.78, 5) is 36.2. The number of carbonyl (C=O) groups is 3. The molecule has 7 heteroatoms. The van der Waals surface area contributed by atoms with Crippen molar-refractivity contribution in [1.29, 1.82) is 0 Å². The van der Waals surface area contributed by atoms with Crippen LogP contribution in [-0.4, -0.2) is 32.1 Å². The van der Waals surface area contributed by atoms with E-state index in [-0.39, 0.29) is 29.1 Å². The van der Waals surface area contributed by atoms with Crippen molar-refractivity contribution in [3.05, 3.63) is 77.6 Å². The predicted molar refractivity (Wildman–Crippen MR) is 110 cm³/mol. The molecule has 7 nitrogen and oxygen atoms in total. The standard InChI is InChI=1S/C23H21NO6/c1-28-22(26)16-8-11-18(23(27)29-2)19(14-16)24-21(25)13-10-17-9-12-20(30-17)15-6-4-3-5-7-15/h3-9,11-12,14H,10,13H2,1-2H3,(H,24,25). The van der Waals surface area contributed by atoms with Gasteiger partial charge in [-0.3, -0.25) is 4.79 Å². The Balaban J connectivity index is 1.69. The van der Waals surface area contributed by atoms with Gasteiger partial charge in [0.2, 0.25) is 5.91 Å². The Kier molecular flexibility index (Phi) is 6.64. The molecule has 0 aliphatic heterocycles. The lowest BCUT2D eigenvalue weighted by molar-refractivity contribution is -0.116. The highest BCUT2D eigenvalue weighted by Gasteiger charge is 2.17. The van der Waals surface area contributed by atoms with Gasteiger partial charge in [-0.25, -0.2) is 9.59 Å². The Morgan fingerprint density at radius 2 is 1.63 bits per heavy atom. The van der Waals surface area contributed by atoms with Crippen LogP contribution in [-0.2, 0) is 20.7 Å². The summed E-state index contributed by atoms with van der Waals surface area (Å²) in [5.74, 6) is -0.142. The van der Waals surface area contributed by atoms with Crippen LogP contribution in [0.15, 0.2) is 65.1 Å². The van der Waals surface area contributed by atoms with Crippen molar-refractivity contribution in [2.45, 2.75) is 12.8 Å². The summed E-state index contributed by atoms with van der Waals surface area (Å²) in [5, 5.41) is 2.66. The largest absolute Gasteiger partial charge is 0.465 e. The molecule has 0 saturated carbocycles. The number of aryl methyl sites for hydroxylation is 1. The maximum absolute atomic E-state index is 12.5. The SMILES string of the molecule is COC(=O)c1ccc(C(=O)OC)c(NC(=O)CCc2ccc(-c3ccccc3)o2)c1. The zero-order valence-corrected chi connectivity index (χ0v) is 16.6. The monoisotopic (exact) mass is 407 g/mol. The van der Waals surface area contributed by atoms with Gasteiger partial charge in [-0.15, -0.1) is 0 Å². The van der Waals surface area contributed by atoms with Crippen molar-refractivity contribution >= 4 is 23.5 Å². The molecule has 0 atom stereocenters. The summed E-state index contributed by atoms with van der Waals surface area (Å²) < 4.78 is 15.2. The van der Waals surface area contributed by atoms with Crippen LogP contribution >= 0.6 is 0 Å². The minimum Gasteiger partial charge on any atom is -0.465 e. The van der Waals surface area contributed by atoms with Crippen LogP contribution in [0.2, 0.25) is 0 Å². The first-order valence-electron chi connectivity index (χ1n) is 9.26. The van der Waals surface area contributed by atoms with Crippen molar-refractivity contribution < 1.29 is 28.3 Å². The number of amides is 1. The third-order valence-corrected chi connectivity index (χ3v) is 4.44. The number of benzene rings is 2. The Bertz CT molecular complexity index is 1050. The molecule has 0 unspecified atom stereocenters. The number of rotatable bonds is 7. The molecule has 0 radical (unpaired) electrons. The molecule has 154 valence electrons. The van der Waals surface area contributed by atoms with Gasteiger partial charge in [0.25, 0.3) is 0 Å². The van der Waals surface area contributed by atoms with E-state index in [9.17, 15) is 14.4 Å². The molecular weight excluding hydrogens is 386 g/mol. The normalized spacial score (nSPS) is 10.3. The minimum absolute atomic E-state index is 0.130. The highest BCUT2D eigenvalue weighted by Crippen LogP contribution is 2.23. The third-order valence-electron chi connectivity index (χ3n) is 4.44. The lowest BCUT2D eigenvalue weighted by Gasteiger charge is -2.11. The van der Waals surface area contributed by atoms with E-state index in [0.717, 1.165) is 11.3 Å². The second kappa shape index (κ2) is 9.56. The van der Waals surface area contributed by atoms with Gasteiger partial charge in [0.05, 0.1) is 31.0 Å². The maximum Gasteiger partial charge on any atom is 0.339 e. The molecule has 0 aliphatic rings. The molecule has 3 rings (SSSR count). The van der Waals surface area contributed by atoms with Crippen LogP contribution in [0.1, 0.15) is 32.9 Å². The number of carbonyl (C=O) groups excluding carboxylic acids is 3. The Morgan fingerprint density at radius 3 is 2.33 bits per heavy atom. The number of hydrogen-bond donors (Lipinski definition) is 1. The van der Waals surface area contributed by atoms with Crippen LogP contribution in [0, 0.1) is 0 Å². The molecule has 1 amide bonds. The molecule has 2 aromatic carbocycles. The Labute approximate surface area is 173 Å². The number of esters is 2. The first-order valence-corrected chi connectivity index (χ1v) is 9.26. The van der Waals surface area contributed by atoms with Crippen LogP contribution in [0.3, 0.4) is 0 Å². The van der Waals surface area contributed by atoms with E-state index in [1.165, 1.54) is 32.4 Å². The number of furan rings is 1. The number of anilines is 1. The van der Waals surface area contributed by atoms with Gasteiger partial charge in [-0.1, -0.05) is 30.3 Å². The highest BCUT2D eigenvalue weighted by molar-refractivity contribution is 6.03. The summed E-state index contributed by atoms with van der Waals surface area (Å²) >= 11 is 0. The van der Waals surface area contributed by atoms with Crippen LogP contribution < -0.4 is 5.32 Å². The first kappa shape index (κ1) is 20.9. The topological polar surface area (TPSA) is 94.8 Å². The fourth-order valence-electron chi connectivity index (χ4n) is 2.90. The van der Waals surface area contributed by atoms with Crippen LogP contribution in [0.25, 0.3) is 11.3 Å². The molecule has 30 heavy (non-hydrogen) atoms. The molecule has 0 spiro atoms. The molecule has 3 aromatic rings. The smallest absolute Gasteiger partial charge is 0.339 e. The third kappa shape index (κ3) is 4.94. The van der Waals surface area contributed by atoms with Gasteiger partial charge in [0.15, 0.2) is 0 Å². The van der Waals surface area contributed by atoms with E-state index < -0.39 is 11.9 Å². The van der Waals surface area contributed by atoms with Gasteiger partial charge in [-0.05, 0) is 30.3 Å². The molecule has 0 fully saturated rings. The number of nitrogens with one attached hydrogen (secondary N) is 1. The van der Waals surface area contributed by atoms with Gasteiger partial charge < -0.3 is 19.2 Å². The number of ether oxygens (including phenoxy) is 2. The summed E-state index contributed by atoms with van der Waals surface area (Å²) in [6.45, 7) is 0. The second-order valence-electron chi connectivity index (χ2n) is 6.42. The second-order valence-corrected chi connectivity index (χ2v) is 6.42. The first-order chi connectivity index (χ1) is 14.5. The molecule has 0 aliphatic carbocycles. The Morgan fingerprint density at radius 1 is 0.900 bits per heavy atom. The van der Waals surface area contributed by atoms with Crippen molar-refractivity contribution in [2.24, 2.45) is 0 Å². The quantitative estimate of drug-likeness (QED) is 0.593. The van der Waals surface area contributed by atoms with Gasteiger partial charge >= 0.3 is 11.9 Å². The maximum atomic E-state index is 12.5. The highest BCUT2D eigenvalue weighted by atomic mass is 16.5. The van der Waals surface area contributed by atoms with E-state index in [2.05, 4.69) is 10.1 Å². The van der Waals surface area contributed by atoms with E-state index in [1.807, 2.05) is 42.5 Å². The molecule has 1 heterocycles. The molecular formula is C23H21NO6. The average molecular weight is 407 g/mol. The summed E-state index contributed by atoms with van der Waals surface area (Å²) in [7, 11) is 2.49. The number of hydrogen-bond acceptors (Lipinski definition) is 6. The lowest BCUT2D eigenvalue weighted by Crippen LogP contribution is -2.16. The zero-order valence-electron chi connectivity index (χ0n) is 16.6. The Hall–Kier alpha value is -3.87. The molecule has 1 aromatic heterocycles. The van der Waals surface area contributed by atoms with Crippen LogP contribution in [0.5, 0.6) is 0 Å². The van der Waals surface area contributed by atoms with Crippen molar-refractivity contribution in [2.75, 3.05) is 19.5 Å². The minimum atomic E-state index is -0.625. The van der Waals surface area contributed by atoms with Gasteiger partial charge in [0.1, 0.15) is 11.5 Å². The molecule has 1 N–H and O–H groups in total. The fraction of sp³-hybridized carbons (Fsp3) is 0.174. The number of methoxy groups -OCH3 is 2. The van der Waals surface area contributed by atoms with Crippen molar-refractivity contribution in [3.8, 4) is 11.3 Å². The van der Waals surface area contributed by atoms with Crippen molar-refractivity contribution in [3.63, 3.8) is 0 Å². The zero-order chi connectivity index (χ0) is 21.5. The van der Waals surface area contributed by atoms with E-state index in [4.69, 9.17) is 9.15 Å². The van der Waals surface area contributed by atoms with E-state index in [0.29, 0.717) is 12.2 Å². The van der Waals surface area contributed by atoms with E-state index in [1.54, 1.807) is 0 Å². The van der Waals surface area contributed by atoms with Gasteiger partial charge in [0, 0.05) is 18.4 Å². The predicted octanol–water partition coefficient (Wildman–Crippen LogP) is 4.09. The average Bonchev–Trinajstić information content (AvgIpc) is 3.26. The fourth-order valence-corrected chi connectivity index (χ4v) is 2.90. The van der Waals surface area contributed by atoms with Crippen LogP contribution in [0.4, 0.5) is 5.69 Å². The summed E-state index contributed by atoms with van der Waals surface area (Å²) in [6, 6.07) is 17.6. The van der Waals surface area contributed by atoms with E-state index >= 15 is 0 Å². The summed E-state index contributed by atoms with van der Waals surface area (Å²) in [5.41, 5.74) is 1.48. The molecule has 0 bridgehead atoms. The van der Waals surface area contributed by atoms with Crippen molar-refractivity contribution in [1.82, 2.24) is 0 Å².